The molecule has 0 atom stereocenters. The summed E-state index contributed by atoms with van der Waals surface area (Å²) in [6.07, 6.45) is 0. The normalized spacial score (nSPS) is 12.0. The molecule has 0 saturated heterocycles. The van der Waals surface area contributed by atoms with E-state index in [4.69, 9.17) is 16.3 Å². The maximum atomic E-state index is 12.6. The van der Waals surface area contributed by atoms with Gasteiger partial charge in [0.25, 0.3) is 17.5 Å². The SMILES string of the molecule is O=C1Nc2ccccc2Oc2ccc(NC(=O)c3cc(Cl)ccc3[N+](=O)[O-])cc21. The number of nitro groups is 1. The van der Waals surface area contributed by atoms with E-state index in [1.807, 2.05) is 0 Å². The number of nitrogens with zero attached hydrogens (tertiary/aromatic N) is 1. The first-order chi connectivity index (χ1) is 13.9. The molecule has 0 spiro atoms. The molecule has 1 aliphatic heterocycles. The summed E-state index contributed by atoms with van der Waals surface area (Å²) < 4.78 is 5.78. The van der Waals surface area contributed by atoms with Crippen molar-refractivity contribution in [1.29, 1.82) is 0 Å². The van der Waals surface area contributed by atoms with Crippen molar-refractivity contribution in [3.8, 4) is 11.5 Å². The zero-order chi connectivity index (χ0) is 20.5. The second-order valence-corrected chi connectivity index (χ2v) is 6.57. The number of carbonyl (C=O) groups is 2. The molecule has 0 saturated carbocycles. The molecule has 4 rings (SSSR count). The fourth-order valence-corrected chi connectivity index (χ4v) is 3.06. The molecule has 0 fully saturated rings. The smallest absolute Gasteiger partial charge is 0.282 e. The third-order valence-electron chi connectivity index (χ3n) is 4.24. The minimum absolute atomic E-state index is 0.188. The Kier molecular flexibility index (Phi) is 4.61. The maximum Gasteiger partial charge on any atom is 0.282 e. The van der Waals surface area contributed by atoms with Crippen molar-refractivity contribution in [2.45, 2.75) is 0 Å². The van der Waals surface area contributed by atoms with Crippen molar-refractivity contribution in [1.82, 2.24) is 0 Å². The Morgan fingerprint density at radius 3 is 2.66 bits per heavy atom. The number of hydrogen-bond donors (Lipinski definition) is 2. The highest BCUT2D eigenvalue weighted by Crippen LogP contribution is 2.36. The lowest BCUT2D eigenvalue weighted by molar-refractivity contribution is -0.385. The molecule has 3 aromatic rings. The Balaban J connectivity index is 1.65. The number of nitro benzene ring substituents is 1. The number of ether oxygens (including phenoxy) is 1. The Morgan fingerprint density at radius 1 is 1.07 bits per heavy atom. The highest BCUT2D eigenvalue weighted by molar-refractivity contribution is 6.31. The van der Waals surface area contributed by atoms with Gasteiger partial charge in [0.2, 0.25) is 0 Å². The van der Waals surface area contributed by atoms with Crippen LogP contribution >= 0.6 is 11.6 Å². The summed E-state index contributed by atoms with van der Waals surface area (Å²) in [5, 5.41) is 16.7. The first-order valence-electron chi connectivity index (χ1n) is 8.40. The number of anilines is 2. The van der Waals surface area contributed by atoms with Crippen molar-refractivity contribution in [2.75, 3.05) is 10.6 Å². The summed E-state index contributed by atoms with van der Waals surface area (Å²) in [6.45, 7) is 0. The third-order valence-corrected chi connectivity index (χ3v) is 4.47. The minimum Gasteiger partial charge on any atom is -0.454 e. The number of carbonyl (C=O) groups excluding carboxylic acids is 2. The largest absolute Gasteiger partial charge is 0.454 e. The van der Waals surface area contributed by atoms with Crippen LogP contribution in [0.4, 0.5) is 17.1 Å². The van der Waals surface area contributed by atoms with Gasteiger partial charge in [-0.1, -0.05) is 23.7 Å². The molecule has 0 aromatic heterocycles. The van der Waals surface area contributed by atoms with Crippen LogP contribution in [0.5, 0.6) is 11.5 Å². The fraction of sp³-hybridized carbons (Fsp3) is 0. The van der Waals surface area contributed by atoms with E-state index in [2.05, 4.69) is 10.6 Å². The van der Waals surface area contributed by atoms with Crippen LogP contribution in [0.15, 0.2) is 60.7 Å². The molecular formula is C20H12ClN3O5. The molecule has 0 bridgehead atoms. The summed E-state index contributed by atoms with van der Waals surface area (Å²) in [7, 11) is 0. The number of nitrogens with one attached hydrogen (secondary N) is 2. The van der Waals surface area contributed by atoms with Gasteiger partial charge in [0.15, 0.2) is 5.75 Å². The van der Waals surface area contributed by atoms with Gasteiger partial charge in [-0.3, -0.25) is 19.7 Å². The molecule has 0 radical (unpaired) electrons. The number of rotatable bonds is 3. The molecule has 1 aliphatic rings. The minimum atomic E-state index is -0.725. The van der Waals surface area contributed by atoms with Gasteiger partial charge in [-0.2, -0.15) is 0 Å². The fourth-order valence-electron chi connectivity index (χ4n) is 2.89. The van der Waals surface area contributed by atoms with Gasteiger partial charge < -0.3 is 15.4 Å². The molecule has 2 amide bonds. The quantitative estimate of drug-likeness (QED) is 0.474. The summed E-state index contributed by atoms with van der Waals surface area (Å²) in [4.78, 5) is 35.7. The average Bonchev–Trinajstić information content (AvgIpc) is 2.83. The molecule has 8 nitrogen and oxygen atoms in total. The molecule has 1 heterocycles. The Hall–Kier alpha value is -3.91. The first-order valence-corrected chi connectivity index (χ1v) is 8.78. The predicted molar refractivity (Wildman–Crippen MR) is 107 cm³/mol. The van der Waals surface area contributed by atoms with Crippen LogP contribution in [0.1, 0.15) is 20.7 Å². The van der Waals surface area contributed by atoms with E-state index < -0.39 is 16.7 Å². The molecule has 29 heavy (non-hydrogen) atoms. The second kappa shape index (κ2) is 7.25. The van der Waals surface area contributed by atoms with Crippen molar-refractivity contribution in [3.63, 3.8) is 0 Å². The van der Waals surface area contributed by atoms with E-state index >= 15 is 0 Å². The highest BCUT2D eigenvalue weighted by Gasteiger charge is 2.23. The van der Waals surface area contributed by atoms with Crippen molar-refractivity contribution >= 4 is 40.5 Å². The number of amides is 2. The van der Waals surface area contributed by atoms with Crippen LogP contribution in [0, 0.1) is 10.1 Å². The standard InChI is InChI=1S/C20H12ClN3O5/c21-11-5-7-16(24(27)28)13(9-11)19(25)22-12-6-8-17-14(10-12)20(26)23-15-3-1-2-4-18(15)29-17/h1-10H,(H,22,25)(H,23,26). The number of benzene rings is 3. The summed E-state index contributed by atoms with van der Waals surface area (Å²) >= 11 is 5.87. The van der Waals surface area contributed by atoms with Crippen LogP contribution in [-0.2, 0) is 0 Å². The van der Waals surface area contributed by atoms with Crippen molar-refractivity contribution in [2.24, 2.45) is 0 Å². The molecule has 2 N–H and O–H groups in total. The van der Waals surface area contributed by atoms with Gasteiger partial charge in [0.1, 0.15) is 11.3 Å². The lowest BCUT2D eigenvalue weighted by atomic mass is 10.1. The Morgan fingerprint density at radius 2 is 1.86 bits per heavy atom. The van der Waals surface area contributed by atoms with Gasteiger partial charge in [-0.25, -0.2) is 0 Å². The van der Waals surface area contributed by atoms with Crippen LogP contribution in [0.2, 0.25) is 5.02 Å². The maximum absolute atomic E-state index is 12.6. The molecule has 9 heteroatoms. The summed E-state index contributed by atoms with van der Waals surface area (Å²) in [5.74, 6) is -0.322. The second-order valence-electron chi connectivity index (χ2n) is 6.14. The van der Waals surface area contributed by atoms with Gasteiger partial charge in [0, 0.05) is 16.8 Å². The zero-order valence-electron chi connectivity index (χ0n) is 14.6. The molecule has 0 unspecified atom stereocenters. The molecule has 0 aliphatic carbocycles. The van der Waals surface area contributed by atoms with E-state index in [0.717, 1.165) is 6.07 Å². The highest BCUT2D eigenvalue weighted by atomic mass is 35.5. The average molecular weight is 410 g/mol. The van der Waals surface area contributed by atoms with Crippen molar-refractivity contribution < 1.29 is 19.2 Å². The van der Waals surface area contributed by atoms with Gasteiger partial charge in [0.05, 0.1) is 16.2 Å². The predicted octanol–water partition coefficient (Wildman–Crippen LogP) is 4.86. The van der Waals surface area contributed by atoms with E-state index in [1.165, 1.54) is 24.3 Å². The Bertz CT molecular complexity index is 1180. The summed E-state index contributed by atoms with van der Waals surface area (Å²) in [5.41, 5.74) is 0.435. The van der Waals surface area contributed by atoms with E-state index in [-0.39, 0.29) is 27.5 Å². The number of fused-ring (bicyclic) bond motifs is 2. The van der Waals surface area contributed by atoms with Crippen LogP contribution in [-0.4, -0.2) is 16.7 Å². The van der Waals surface area contributed by atoms with E-state index in [9.17, 15) is 19.7 Å². The third kappa shape index (κ3) is 3.61. The van der Waals surface area contributed by atoms with Crippen LogP contribution in [0.25, 0.3) is 0 Å². The summed E-state index contributed by atoms with van der Waals surface area (Å²) in [6, 6.07) is 15.2. The number of para-hydroxylation sites is 2. The number of halogens is 1. The number of hydrogen-bond acceptors (Lipinski definition) is 5. The van der Waals surface area contributed by atoms with Gasteiger partial charge in [-0.05, 0) is 42.5 Å². The molecule has 3 aromatic carbocycles. The van der Waals surface area contributed by atoms with Gasteiger partial charge >= 0.3 is 0 Å². The van der Waals surface area contributed by atoms with Crippen LogP contribution < -0.4 is 15.4 Å². The lowest BCUT2D eigenvalue weighted by Crippen LogP contribution is -2.15. The lowest BCUT2D eigenvalue weighted by Gasteiger charge is -2.10. The zero-order valence-corrected chi connectivity index (χ0v) is 15.4. The van der Waals surface area contributed by atoms with E-state index in [0.29, 0.717) is 17.2 Å². The molecule has 144 valence electrons. The first kappa shape index (κ1) is 18.5. The topological polar surface area (TPSA) is 111 Å². The molecular weight excluding hydrogens is 398 g/mol. The monoisotopic (exact) mass is 409 g/mol. The van der Waals surface area contributed by atoms with E-state index in [1.54, 1.807) is 30.3 Å². The van der Waals surface area contributed by atoms with Gasteiger partial charge in [-0.15, -0.1) is 0 Å². The van der Waals surface area contributed by atoms with Crippen molar-refractivity contribution in [3.05, 3.63) is 86.9 Å². The van der Waals surface area contributed by atoms with Crippen LogP contribution in [0.3, 0.4) is 0 Å². The Labute approximate surface area is 169 Å².